The van der Waals surface area contributed by atoms with Gasteiger partial charge in [0.05, 0.1) is 48.4 Å². The summed E-state index contributed by atoms with van der Waals surface area (Å²) in [6.07, 6.45) is -3.83. The third-order valence-corrected chi connectivity index (χ3v) is 9.75. The van der Waals surface area contributed by atoms with Crippen LogP contribution in [0.3, 0.4) is 0 Å². The number of carbonyl (C=O) groups is 4. The van der Waals surface area contributed by atoms with Gasteiger partial charge in [-0.05, 0) is 41.5 Å². The number of urea groups is 1. The van der Waals surface area contributed by atoms with Gasteiger partial charge in [-0.1, -0.05) is 24.3 Å². The number of benzene rings is 3. The van der Waals surface area contributed by atoms with Crippen LogP contribution in [0.1, 0.15) is 43.8 Å². The summed E-state index contributed by atoms with van der Waals surface area (Å²) in [6.45, 7) is 4.06. The molecule has 1 aromatic heterocycles. The van der Waals surface area contributed by atoms with E-state index in [1.54, 1.807) is 24.3 Å². The second kappa shape index (κ2) is 15.2. The van der Waals surface area contributed by atoms with Crippen molar-refractivity contribution in [1.82, 2.24) is 30.5 Å². The van der Waals surface area contributed by atoms with E-state index in [0.717, 1.165) is 49.2 Å². The van der Waals surface area contributed by atoms with Crippen LogP contribution in [0.15, 0.2) is 72.9 Å². The summed E-state index contributed by atoms with van der Waals surface area (Å²) < 4.78 is 47.7. The summed E-state index contributed by atoms with van der Waals surface area (Å²) in [5.74, 6) is -0.480. The van der Waals surface area contributed by atoms with Crippen LogP contribution < -0.4 is 30.9 Å². The van der Waals surface area contributed by atoms with Crippen LogP contribution in [0.25, 0.3) is 0 Å². The van der Waals surface area contributed by atoms with Gasteiger partial charge in [0.25, 0.3) is 11.8 Å². The number of anilines is 5. The molecule has 17 heteroatoms. The van der Waals surface area contributed by atoms with Crippen molar-refractivity contribution in [3.05, 3.63) is 101 Å². The molecule has 3 aliphatic rings. The van der Waals surface area contributed by atoms with Gasteiger partial charge in [-0.25, -0.2) is 19.8 Å². The Kier molecular flexibility index (Phi) is 10.2. The molecule has 0 bridgehead atoms. The summed E-state index contributed by atoms with van der Waals surface area (Å²) >= 11 is 0. The lowest BCUT2D eigenvalue weighted by molar-refractivity contribution is -0.137. The van der Waals surface area contributed by atoms with E-state index < -0.39 is 23.7 Å². The smallest absolute Gasteiger partial charge is 0.419 e. The minimum atomic E-state index is -4.71. The number of para-hydroxylation sites is 1. The summed E-state index contributed by atoms with van der Waals surface area (Å²) in [4.78, 5) is 57.9. The second-order valence-corrected chi connectivity index (χ2v) is 13.2. The highest BCUT2D eigenvalue weighted by Crippen LogP contribution is 2.39. The molecule has 7 rings (SSSR count). The first-order chi connectivity index (χ1) is 26.4. The van der Waals surface area contributed by atoms with Gasteiger partial charge in [-0.3, -0.25) is 24.6 Å². The molecule has 5 amide bonds. The quantitative estimate of drug-likeness (QED) is 0.172. The fraction of sp³-hybridized carbons (Fsp3) is 0.289. The molecule has 3 aliphatic heterocycles. The van der Waals surface area contributed by atoms with E-state index in [1.165, 1.54) is 42.4 Å². The average molecular weight is 758 g/mol. The molecular weight excluding hydrogens is 719 g/mol. The number of halogens is 3. The van der Waals surface area contributed by atoms with Gasteiger partial charge in [0, 0.05) is 75.8 Å². The number of hydrogen-bond acceptors (Lipinski definition) is 10. The van der Waals surface area contributed by atoms with Crippen LogP contribution in [0.2, 0.25) is 0 Å². The molecular formula is C38H38F3N9O5. The minimum Gasteiger partial charge on any atom is -0.494 e. The van der Waals surface area contributed by atoms with Crippen molar-refractivity contribution in [3.8, 4) is 5.75 Å². The van der Waals surface area contributed by atoms with Crippen molar-refractivity contribution >= 4 is 52.3 Å². The van der Waals surface area contributed by atoms with Gasteiger partial charge in [0.2, 0.25) is 5.91 Å². The number of imide groups is 1. The van der Waals surface area contributed by atoms with Crippen LogP contribution in [0.4, 0.5) is 46.5 Å². The minimum absolute atomic E-state index is 0.129. The molecule has 0 radical (unpaired) electrons. The highest BCUT2D eigenvalue weighted by atomic mass is 19.4. The lowest BCUT2D eigenvalue weighted by Crippen LogP contribution is -2.56. The van der Waals surface area contributed by atoms with Gasteiger partial charge in [-0.2, -0.15) is 13.2 Å². The normalized spacial score (nSPS) is 16.2. The first-order valence-electron chi connectivity index (χ1n) is 17.5. The van der Waals surface area contributed by atoms with Crippen molar-refractivity contribution in [2.24, 2.45) is 0 Å². The Hall–Kier alpha value is -6.36. The molecule has 4 N–H and O–H groups in total. The molecule has 0 aliphatic carbocycles. The lowest BCUT2D eigenvalue weighted by Gasteiger charge is -2.36. The van der Waals surface area contributed by atoms with E-state index in [1.807, 2.05) is 24.3 Å². The molecule has 0 saturated carbocycles. The highest BCUT2D eigenvalue weighted by Gasteiger charge is 2.37. The average Bonchev–Trinajstić information content (AvgIpc) is 3.49. The predicted octanol–water partition coefficient (Wildman–Crippen LogP) is 5.09. The number of alkyl halides is 3. The molecule has 2 saturated heterocycles. The summed E-state index contributed by atoms with van der Waals surface area (Å²) in [5, 5.41) is 13.3. The number of methoxy groups -OCH3 is 1. The zero-order chi connectivity index (χ0) is 38.9. The third kappa shape index (κ3) is 7.82. The number of fused-ring (bicyclic) bond motifs is 1. The molecule has 3 aromatic carbocycles. The Bertz CT molecular complexity index is 2160. The number of pyridine rings is 1. The number of hydrogen-bond donors (Lipinski definition) is 4. The summed E-state index contributed by atoms with van der Waals surface area (Å²) in [6, 6.07) is 18.2. The standard InChI is InChI=1S/C38H38F3N9O5/c1-42-35(52)27-5-3-4-6-29(27)44-31-19-33(43-20-28(31)38(39,40)41)45-30-10-8-25(18-32(30)55-2)48-15-13-47(14-16-48)21-23-7-9-26-24(17-23)22-50(36(26)53)49-12-11-34(51)46-37(49)54/h3-10,17-20H,11-16,21-22H2,1-2H3,(H,42,52)(H2,43,44,45)(H,46,51,54). The number of ether oxygens (including phenoxy) is 1. The predicted molar refractivity (Wildman–Crippen MR) is 197 cm³/mol. The SMILES string of the molecule is CNC(=O)c1ccccc1Nc1cc(Nc2ccc(N3CCN(Cc4ccc5c(c4)CN(N4CCC(=O)NC4=O)C5=O)CC3)cc2OC)ncc1C(F)(F)F. The van der Waals surface area contributed by atoms with Crippen molar-refractivity contribution in [3.63, 3.8) is 0 Å². The Morgan fingerprint density at radius 2 is 1.67 bits per heavy atom. The molecule has 55 heavy (non-hydrogen) atoms. The Morgan fingerprint density at radius 1 is 0.891 bits per heavy atom. The van der Waals surface area contributed by atoms with Crippen LogP contribution in [-0.4, -0.2) is 90.5 Å². The molecule has 4 aromatic rings. The first-order valence-corrected chi connectivity index (χ1v) is 17.5. The molecule has 14 nitrogen and oxygen atoms in total. The summed E-state index contributed by atoms with van der Waals surface area (Å²) in [5.41, 5.74) is 2.93. The number of nitrogens with zero attached hydrogens (tertiary/aromatic N) is 5. The summed E-state index contributed by atoms with van der Waals surface area (Å²) in [7, 11) is 2.95. The van der Waals surface area contributed by atoms with Crippen LogP contribution >= 0.6 is 0 Å². The Balaban J connectivity index is 0.994. The van der Waals surface area contributed by atoms with E-state index in [4.69, 9.17) is 4.74 Å². The third-order valence-electron chi connectivity index (χ3n) is 9.75. The zero-order valence-electron chi connectivity index (χ0n) is 30.0. The molecule has 0 atom stereocenters. The monoisotopic (exact) mass is 757 g/mol. The maximum absolute atomic E-state index is 14.0. The highest BCUT2D eigenvalue weighted by molar-refractivity contribution is 6.02. The molecule has 0 spiro atoms. The van der Waals surface area contributed by atoms with Gasteiger partial charge in [0.15, 0.2) is 0 Å². The van der Waals surface area contributed by atoms with Crippen LogP contribution in [0, 0.1) is 0 Å². The molecule has 0 unspecified atom stereocenters. The van der Waals surface area contributed by atoms with Crippen molar-refractivity contribution < 1.29 is 37.1 Å². The van der Waals surface area contributed by atoms with E-state index in [2.05, 4.69) is 36.1 Å². The number of piperazine rings is 1. The molecule has 4 heterocycles. The zero-order valence-corrected chi connectivity index (χ0v) is 30.0. The fourth-order valence-corrected chi connectivity index (χ4v) is 6.90. The number of nitrogens with one attached hydrogen (secondary N) is 4. The van der Waals surface area contributed by atoms with Gasteiger partial charge in [0.1, 0.15) is 11.6 Å². The Labute approximate surface area is 314 Å². The maximum atomic E-state index is 14.0. The van der Waals surface area contributed by atoms with E-state index in [-0.39, 0.29) is 54.1 Å². The van der Waals surface area contributed by atoms with E-state index in [9.17, 15) is 32.3 Å². The van der Waals surface area contributed by atoms with Crippen LogP contribution in [-0.2, 0) is 24.1 Å². The Morgan fingerprint density at radius 3 is 2.40 bits per heavy atom. The maximum Gasteiger partial charge on any atom is 0.419 e. The van der Waals surface area contributed by atoms with E-state index >= 15 is 0 Å². The largest absolute Gasteiger partial charge is 0.494 e. The molecule has 2 fully saturated rings. The van der Waals surface area contributed by atoms with Gasteiger partial charge < -0.3 is 25.6 Å². The first kappa shape index (κ1) is 37.0. The second-order valence-electron chi connectivity index (χ2n) is 13.2. The number of aromatic nitrogens is 1. The van der Waals surface area contributed by atoms with Gasteiger partial charge >= 0.3 is 12.2 Å². The number of carbonyl (C=O) groups excluding carboxylic acids is 4. The topological polar surface area (TPSA) is 151 Å². The van der Waals surface area contributed by atoms with Crippen molar-refractivity contribution in [1.29, 1.82) is 0 Å². The molecule has 286 valence electrons. The lowest BCUT2D eigenvalue weighted by atomic mass is 10.1. The number of hydrazine groups is 1. The van der Waals surface area contributed by atoms with Crippen molar-refractivity contribution in [2.75, 3.05) is 62.4 Å². The van der Waals surface area contributed by atoms with Crippen molar-refractivity contribution in [2.45, 2.75) is 25.7 Å². The number of rotatable bonds is 10. The fourth-order valence-electron chi connectivity index (χ4n) is 6.90. The number of amides is 5. The van der Waals surface area contributed by atoms with Crippen LogP contribution in [0.5, 0.6) is 5.75 Å². The van der Waals surface area contributed by atoms with E-state index in [0.29, 0.717) is 23.5 Å². The van der Waals surface area contributed by atoms with Gasteiger partial charge in [-0.15, -0.1) is 0 Å².